The van der Waals surface area contributed by atoms with Gasteiger partial charge in [-0.15, -0.1) is 12.4 Å². The molecule has 0 saturated heterocycles. The number of benzene rings is 2. The minimum absolute atomic E-state index is 0. The molecule has 144 valence electrons. The van der Waals surface area contributed by atoms with E-state index in [1.807, 2.05) is 0 Å². The highest BCUT2D eigenvalue weighted by Crippen LogP contribution is 2.37. The van der Waals surface area contributed by atoms with Crippen molar-refractivity contribution in [1.29, 1.82) is 0 Å². The molecule has 0 heterocycles. The van der Waals surface area contributed by atoms with Crippen molar-refractivity contribution in [3.8, 4) is 0 Å². The van der Waals surface area contributed by atoms with Gasteiger partial charge in [0.2, 0.25) is 10.0 Å². The maximum absolute atomic E-state index is 13.3. The van der Waals surface area contributed by atoms with Crippen LogP contribution in [0, 0.1) is 0 Å². The fourth-order valence-electron chi connectivity index (χ4n) is 2.30. The van der Waals surface area contributed by atoms with Crippen LogP contribution in [0.15, 0.2) is 53.4 Å². The topological polar surface area (TPSA) is 63.4 Å². The van der Waals surface area contributed by atoms with Gasteiger partial charge in [0, 0.05) is 24.7 Å². The average molecular weight is 429 g/mol. The smallest absolute Gasteiger partial charge is 0.329 e. The molecule has 0 amide bonds. The number of hydrogen-bond donors (Lipinski definition) is 1. The van der Waals surface area contributed by atoms with Crippen LogP contribution >= 0.6 is 24.0 Å². The van der Waals surface area contributed by atoms with Crippen molar-refractivity contribution in [1.82, 2.24) is 4.31 Å². The highest BCUT2D eigenvalue weighted by molar-refractivity contribution is 7.89. The Hall–Kier alpha value is -1.32. The average Bonchev–Trinajstić information content (AvgIpc) is 2.54. The van der Waals surface area contributed by atoms with Crippen molar-refractivity contribution in [2.45, 2.75) is 17.6 Å². The van der Waals surface area contributed by atoms with Crippen LogP contribution in [0.25, 0.3) is 0 Å². The van der Waals surface area contributed by atoms with Crippen LogP contribution in [-0.4, -0.2) is 25.8 Å². The van der Waals surface area contributed by atoms with Crippen molar-refractivity contribution in [2.24, 2.45) is 5.73 Å². The zero-order chi connectivity index (χ0) is 18.7. The first-order chi connectivity index (χ1) is 11.7. The molecule has 0 fully saturated rings. The minimum atomic E-state index is -4.85. The maximum atomic E-state index is 13.3. The molecule has 0 spiro atoms. The summed E-state index contributed by atoms with van der Waals surface area (Å²) in [6, 6.07) is 11.2. The Morgan fingerprint density at radius 3 is 2.23 bits per heavy atom. The summed E-state index contributed by atoms with van der Waals surface area (Å²) in [6.07, 6.45) is -4.85. The van der Waals surface area contributed by atoms with E-state index >= 15 is 0 Å². The third kappa shape index (κ3) is 5.34. The highest BCUT2D eigenvalue weighted by atomic mass is 35.5. The molecule has 0 unspecified atom stereocenters. The van der Waals surface area contributed by atoms with Gasteiger partial charge in [0.05, 0.1) is 10.5 Å². The normalized spacial score (nSPS) is 12.1. The van der Waals surface area contributed by atoms with Gasteiger partial charge >= 0.3 is 6.18 Å². The van der Waals surface area contributed by atoms with E-state index in [0.717, 1.165) is 16.4 Å². The van der Waals surface area contributed by atoms with Gasteiger partial charge in [0.25, 0.3) is 0 Å². The van der Waals surface area contributed by atoms with Crippen LogP contribution in [0.3, 0.4) is 0 Å². The maximum Gasteiger partial charge on any atom is 0.417 e. The second-order valence-electron chi connectivity index (χ2n) is 5.25. The summed E-state index contributed by atoms with van der Waals surface area (Å²) in [4.78, 5) is -0.839. The Kier molecular flexibility index (Phi) is 7.91. The number of rotatable bonds is 6. The Bertz CT molecular complexity index is 831. The molecule has 0 atom stereocenters. The SMILES string of the molecule is Cl.NCCN(Cc1ccccc1)S(=O)(=O)c1ccc(Cl)cc1C(F)(F)F. The predicted octanol–water partition coefficient (Wildman–Crippen LogP) is 3.93. The van der Waals surface area contributed by atoms with Gasteiger partial charge in [-0.05, 0) is 23.8 Å². The first-order valence-corrected chi connectivity index (χ1v) is 9.09. The number of alkyl halides is 3. The highest BCUT2D eigenvalue weighted by Gasteiger charge is 2.39. The fourth-order valence-corrected chi connectivity index (χ4v) is 4.11. The van der Waals surface area contributed by atoms with Crippen molar-refractivity contribution in [2.75, 3.05) is 13.1 Å². The monoisotopic (exact) mass is 428 g/mol. The van der Waals surface area contributed by atoms with Crippen LogP contribution in [0.5, 0.6) is 0 Å². The fraction of sp³-hybridized carbons (Fsp3) is 0.250. The lowest BCUT2D eigenvalue weighted by molar-refractivity contribution is -0.139. The number of hydrogen-bond acceptors (Lipinski definition) is 3. The summed E-state index contributed by atoms with van der Waals surface area (Å²) < 4.78 is 66.4. The second kappa shape index (κ2) is 9.05. The molecule has 2 aromatic rings. The van der Waals surface area contributed by atoms with Crippen molar-refractivity contribution < 1.29 is 21.6 Å². The summed E-state index contributed by atoms with van der Waals surface area (Å²) in [5.74, 6) is 0. The summed E-state index contributed by atoms with van der Waals surface area (Å²) in [6.45, 7) is -0.224. The molecule has 4 nitrogen and oxygen atoms in total. The van der Waals surface area contributed by atoms with Crippen molar-refractivity contribution in [3.63, 3.8) is 0 Å². The number of nitrogens with zero attached hydrogens (tertiary/aromatic N) is 1. The van der Waals surface area contributed by atoms with Crippen LogP contribution in [0.2, 0.25) is 5.02 Å². The molecule has 0 saturated carbocycles. The molecule has 0 aliphatic heterocycles. The van der Waals surface area contributed by atoms with E-state index in [-0.39, 0.29) is 37.1 Å². The summed E-state index contributed by atoms with van der Waals surface area (Å²) in [5.41, 5.74) is 4.80. The zero-order valence-electron chi connectivity index (χ0n) is 13.4. The molecule has 10 heteroatoms. The van der Waals surface area contributed by atoms with E-state index in [1.54, 1.807) is 30.3 Å². The molecule has 0 aliphatic rings. The van der Waals surface area contributed by atoms with E-state index in [1.165, 1.54) is 0 Å². The third-order valence-electron chi connectivity index (χ3n) is 3.45. The van der Waals surface area contributed by atoms with Gasteiger partial charge in [-0.1, -0.05) is 41.9 Å². The molecule has 26 heavy (non-hydrogen) atoms. The van der Waals surface area contributed by atoms with Crippen LogP contribution < -0.4 is 5.73 Å². The molecule has 0 radical (unpaired) electrons. The predicted molar refractivity (Wildman–Crippen MR) is 96.8 cm³/mol. The lowest BCUT2D eigenvalue weighted by Crippen LogP contribution is -2.36. The zero-order valence-corrected chi connectivity index (χ0v) is 15.8. The number of sulfonamides is 1. The Morgan fingerprint density at radius 1 is 1.08 bits per heavy atom. The van der Waals surface area contributed by atoms with Crippen LogP contribution in [0.4, 0.5) is 13.2 Å². The standard InChI is InChI=1S/C16H16ClF3N2O2S.ClH/c17-13-6-7-15(14(10-13)16(18,19)20)25(23,24)22(9-8-21)11-12-4-2-1-3-5-12;/h1-7,10H,8-9,11,21H2;1H. The van der Waals surface area contributed by atoms with Gasteiger partial charge in [0.15, 0.2) is 0 Å². The first kappa shape index (κ1) is 22.7. The van der Waals surface area contributed by atoms with E-state index in [9.17, 15) is 21.6 Å². The van der Waals surface area contributed by atoms with Crippen molar-refractivity contribution >= 4 is 34.0 Å². The van der Waals surface area contributed by atoms with Crippen molar-refractivity contribution in [3.05, 3.63) is 64.7 Å². The van der Waals surface area contributed by atoms with Gasteiger partial charge in [-0.3, -0.25) is 0 Å². The first-order valence-electron chi connectivity index (χ1n) is 7.27. The Labute approximate surface area is 161 Å². The van der Waals surface area contributed by atoms with E-state index in [0.29, 0.717) is 11.6 Å². The second-order valence-corrected chi connectivity index (χ2v) is 7.59. The quantitative estimate of drug-likeness (QED) is 0.757. The van der Waals surface area contributed by atoms with Gasteiger partial charge in [-0.2, -0.15) is 17.5 Å². The number of halogens is 5. The van der Waals surface area contributed by atoms with Gasteiger partial charge in [-0.25, -0.2) is 8.42 Å². The third-order valence-corrected chi connectivity index (χ3v) is 5.58. The van der Waals surface area contributed by atoms with Gasteiger partial charge < -0.3 is 5.73 Å². The minimum Gasteiger partial charge on any atom is -0.329 e. The summed E-state index contributed by atoms with van der Waals surface area (Å²) in [7, 11) is -4.42. The van der Waals surface area contributed by atoms with Gasteiger partial charge in [0.1, 0.15) is 0 Å². The van der Waals surface area contributed by atoms with Crippen LogP contribution in [0.1, 0.15) is 11.1 Å². The molecule has 2 rings (SSSR count). The molecule has 2 N–H and O–H groups in total. The molecular formula is C16H17Cl2F3N2O2S. The lowest BCUT2D eigenvalue weighted by Gasteiger charge is -2.24. The lowest BCUT2D eigenvalue weighted by atomic mass is 10.2. The van der Waals surface area contributed by atoms with Crippen LogP contribution in [-0.2, 0) is 22.7 Å². The largest absolute Gasteiger partial charge is 0.417 e. The molecule has 0 bridgehead atoms. The van der Waals surface area contributed by atoms with E-state index < -0.39 is 26.7 Å². The van der Waals surface area contributed by atoms with E-state index in [2.05, 4.69) is 0 Å². The van der Waals surface area contributed by atoms with E-state index in [4.69, 9.17) is 17.3 Å². The molecule has 2 aromatic carbocycles. The molecule has 0 aliphatic carbocycles. The molecule has 0 aromatic heterocycles. The number of nitrogens with two attached hydrogens (primary N) is 1. The Balaban J connectivity index is 0.00000338. The summed E-state index contributed by atoms with van der Waals surface area (Å²) >= 11 is 5.62. The molecular weight excluding hydrogens is 412 g/mol. The summed E-state index contributed by atoms with van der Waals surface area (Å²) in [5, 5.41) is -0.195. The Morgan fingerprint density at radius 2 is 1.69 bits per heavy atom.